The van der Waals surface area contributed by atoms with Crippen molar-refractivity contribution >= 4 is 17.7 Å². The molecule has 7 nitrogen and oxygen atoms in total. The highest BCUT2D eigenvalue weighted by Gasteiger charge is 2.18. The van der Waals surface area contributed by atoms with Crippen molar-refractivity contribution in [3.8, 4) is 5.69 Å². The lowest BCUT2D eigenvalue weighted by atomic mass is 10.0. The Balaban J connectivity index is 1.64. The van der Waals surface area contributed by atoms with Crippen LogP contribution in [0.2, 0.25) is 0 Å². The van der Waals surface area contributed by atoms with E-state index < -0.39 is 17.9 Å². The molecule has 0 aliphatic rings. The number of hydrazine groups is 1. The van der Waals surface area contributed by atoms with Crippen LogP contribution < -0.4 is 16.2 Å². The van der Waals surface area contributed by atoms with E-state index in [-0.39, 0.29) is 12.3 Å². The van der Waals surface area contributed by atoms with E-state index in [1.54, 1.807) is 12.1 Å². The van der Waals surface area contributed by atoms with Gasteiger partial charge in [-0.25, -0.2) is 0 Å². The second kappa shape index (κ2) is 9.36. The third kappa shape index (κ3) is 5.32. The fourth-order valence-electron chi connectivity index (χ4n) is 3.00. The van der Waals surface area contributed by atoms with Gasteiger partial charge in [-0.1, -0.05) is 42.5 Å². The molecule has 0 fully saturated rings. The second-order valence-corrected chi connectivity index (χ2v) is 6.48. The van der Waals surface area contributed by atoms with Gasteiger partial charge in [0.2, 0.25) is 11.8 Å². The molecule has 7 heteroatoms. The molecule has 1 heterocycles. The minimum Gasteiger partial charge on any atom is -0.349 e. The third-order valence-corrected chi connectivity index (χ3v) is 4.32. The number of aromatic nitrogens is 1. The average Bonchev–Trinajstić information content (AvgIpc) is 3.26. The van der Waals surface area contributed by atoms with Gasteiger partial charge in [0.15, 0.2) is 0 Å². The number of carbonyl (C=O) groups excluding carboxylic acids is 3. The minimum atomic E-state index is -0.488. The summed E-state index contributed by atoms with van der Waals surface area (Å²) in [4.78, 5) is 36.5. The Bertz CT molecular complexity index is 984. The van der Waals surface area contributed by atoms with Crippen LogP contribution in [-0.2, 0) is 9.59 Å². The standard InChI is InChI=1S/C22H22N4O3/c1-16(27)23-19(17-9-3-2-4-10-17)15-21(28)24-25-22(29)18-11-5-6-12-20(18)26-13-7-8-14-26/h2-14,19H,15H2,1H3,(H,23,27)(H,24,28)(H,25,29)/t19-/m0/s1. The van der Waals surface area contributed by atoms with Gasteiger partial charge in [0, 0.05) is 19.3 Å². The maximum absolute atomic E-state index is 12.6. The Labute approximate surface area is 168 Å². The largest absolute Gasteiger partial charge is 0.349 e. The van der Waals surface area contributed by atoms with Crippen LogP contribution in [-0.4, -0.2) is 22.3 Å². The van der Waals surface area contributed by atoms with Crippen LogP contribution in [0.1, 0.15) is 35.3 Å². The fourth-order valence-corrected chi connectivity index (χ4v) is 3.00. The van der Waals surface area contributed by atoms with Crippen molar-refractivity contribution in [2.45, 2.75) is 19.4 Å². The van der Waals surface area contributed by atoms with Crippen molar-refractivity contribution in [2.24, 2.45) is 0 Å². The topological polar surface area (TPSA) is 92.2 Å². The average molecular weight is 390 g/mol. The van der Waals surface area contributed by atoms with Gasteiger partial charge < -0.3 is 9.88 Å². The molecule has 3 N–H and O–H groups in total. The summed E-state index contributed by atoms with van der Waals surface area (Å²) in [5.74, 6) is -1.09. The maximum atomic E-state index is 12.6. The van der Waals surface area contributed by atoms with Crippen molar-refractivity contribution in [2.75, 3.05) is 0 Å². The predicted molar refractivity (Wildman–Crippen MR) is 109 cm³/mol. The van der Waals surface area contributed by atoms with E-state index in [0.717, 1.165) is 5.56 Å². The molecule has 3 rings (SSSR count). The lowest BCUT2D eigenvalue weighted by molar-refractivity contribution is -0.123. The van der Waals surface area contributed by atoms with Gasteiger partial charge in [-0.3, -0.25) is 25.2 Å². The molecule has 0 aliphatic carbocycles. The van der Waals surface area contributed by atoms with Gasteiger partial charge in [0.1, 0.15) is 0 Å². The van der Waals surface area contributed by atoms with Crippen molar-refractivity contribution < 1.29 is 14.4 Å². The van der Waals surface area contributed by atoms with Crippen LogP contribution in [0.5, 0.6) is 0 Å². The number of hydrogen-bond acceptors (Lipinski definition) is 3. The molecule has 148 valence electrons. The summed E-state index contributed by atoms with van der Waals surface area (Å²) < 4.78 is 1.82. The normalized spacial score (nSPS) is 11.3. The number of benzene rings is 2. The number of para-hydroxylation sites is 1. The van der Waals surface area contributed by atoms with Gasteiger partial charge in [-0.2, -0.15) is 0 Å². The molecule has 0 radical (unpaired) electrons. The molecule has 0 bridgehead atoms. The maximum Gasteiger partial charge on any atom is 0.271 e. The number of carbonyl (C=O) groups is 3. The first-order valence-electron chi connectivity index (χ1n) is 9.18. The number of nitrogens with one attached hydrogen (secondary N) is 3. The smallest absolute Gasteiger partial charge is 0.271 e. The van der Waals surface area contributed by atoms with Crippen LogP contribution in [0.25, 0.3) is 5.69 Å². The Hall–Kier alpha value is -3.87. The zero-order valence-corrected chi connectivity index (χ0v) is 16.0. The summed E-state index contributed by atoms with van der Waals surface area (Å²) in [6.45, 7) is 1.40. The van der Waals surface area contributed by atoms with Crippen LogP contribution in [0, 0.1) is 0 Å². The SMILES string of the molecule is CC(=O)N[C@@H](CC(=O)NNC(=O)c1ccccc1-n1cccc1)c1ccccc1. The summed E-state index contributed by atoms with van der Waals surface area (Å²) in [6, 6.07) is 19.5. The molecule has 29 heavy (non-hydrogen) atoms. The monoisotopic (exact) mass is 390 g/mol. The number of hydrogen-bond donors (Lipinski definition) is 3. The van der Waals surface area contributed by atoms with E-state index in [9.17, 15) is 14.4 Å². The molecule has 2 aromatic carbocycles. The van der Waals surface area contributed by atoms with Crippen molar-refractivity contribution in [1.82, 2.24) is 20.7 Å². The lowest BCUT2D eigenvalue weighted by Crippen LogP contribution is -2.43. The molecule has 1 atom stereocenters. The van der Waals surface area contributed by atoms with E-state index in [0.29, 0.717) is 11.3 Å². The zero-order chi connectivity index (χ0) is 20.6. The summed E-state index contributed by atoms with van der Waals surface area (Å²) in [5, 5.41) is 2.76. The highest BCUT2D eigenvalue weighted by molar-refractivity contribution is 5.98. The highest BCUT2D eigenvalue weighted by atomic mass is 16.2. The Kier molecular flexibility index (Phi) is 6.42. The Morgan fingerprint density at radius 3 is 2.21 bits per heavy atom. The van der Waals surface area contributed by atoms with Gasteiger partial charge in [-0.05, 0) is 29.8 Å². The predicted octanol–water partition coefficient (Wildman–Crippen LogP) is 2.51. The summed E-state index contributed by atoms with van der Waals surface area (Å²) in [6.07, 6.45) is 3.66. The second-order valence-electron chi connectivity index (χ2n) is 6.48. The van der Waals surface area contributed by atoms with Crippen molar-refractivity contribution in [3.05, 3.63) is 90.3 Å². The van der Waals surface area contributed by atoms with Gasteiger partial charge in [0.25, 0.3) is 5.91 Å². The Morgan fingerprint density at radius 2 is 1.52 bits per heavy atom. The van der Waals surface area contributed by atoms with Gasteiger partial charge in [-0.15, -0.1) is 0 Å². The third-order valence-electron chi connectivity index (χ3n) is 4.32. The summed E-state index contributed by atoms with van der Waals surface area (Å²) >= 11 is 0. The van der Waals surface area contributed by atoms with E-state index in [1.807, 2.05) is 71.6 Å². The first-order chi connectivity index (χ1) is 14.0. The van der Waals surface area contributed by atoms with Gasteiger partial charge >= 0.3 is 0 Å². The van der Waals surface area contributed by atoms with Crippen LogP contribution in [0.4, 0.5) is 0 Å². The van der Waals surface area contributed by atoms with E-state index in [2.05, 4.69) is 16.2 Å². The van der Waals surface area contributed by atoms with Crippen LogP contribution >= 0.6 is 0 Å². The van der Waals surface area contributed by atoms with Gasteiger partial charge in [0.05, 0.1) is 23.7 Å². The lowest BCUT2D eigenvalue weighted by Gasteiger charge is -2.18. The zero-order valence-electron chi connectivity index (χ0n) is 16.0. The molecule has 0 spiro atoms. The van der Waals surface area contributed by atoms with Crippen molar-refractivity contribution in [1.29, 1.82) is 0 Å². The number of amides is 3. The van der Waals surface area contributed by atoms with Crippen LogP contribution in [0.3, 0.4) is 0 Å². The van der Waals surface area contributed by atoms with E-state index >= 15 is 0 Å². The molecular formula is C22H22N4O3. The molecule has 3 aromatic rings. The molecule has 0 unspecified atom stereocenters. The molecule has 1 aromatic heterocycles. The number of rotatable bonds is 6. The van der Waals surface area contributed by atoms with Crippen LogP contribution in [0.15, 0.2) is 79.1 Å². The molecule has 3 amide bonds. The number of nitrogens with zero attached hydrogens (tertiary/aromatic N) is 1. The summed E-state index contributed by atoms with van der Waals surface area (Å²) in [7, 11) is 0. The first-order valence-corrected chi connectivity index (χ1v) is 9.18. The minimum absolute atomic E-state index is 0.0108. The molecule has 0 aliphatic heterocycles. The van der Waals surface area contributed by atoms with E-state index in [4.69, 9.17) is 0 Å². The molecular weight excluding hydrogens is 368 g/mol. The highest BCUT2D eigenvalue weighted by Crippen LogP contribution is 2.17. The Morgan fingerprint density at radius 1 is 0.862 bits per heavy atom. The molecule has 0 saturated heterocycles. The van der Waals surface area contributed by atoms with E-state index in [1.165, 1.54) is 6.92 Å². The fraction of sp³-hybridized carbons (Fsp3) is 0.136. The first kappa shape index (κ1) is 19.9. The summed E-state index contributed by atoms with van der Waals surface area (Å²) in [5.41, 5.74) is 6.80. The quantitative estimate of drug-likeness (QED) is 0.565. The molecule has 0 saturated carbocycles. The van der Waals surface area contributed by atoms with Crippen molar-refractivity contribution in [3.63, 3.8) is 0 Å².